The van der Waals surface area contributed by atoms with Crippen LogP contribution in [0.4, 0.5) is 4.39 Å². The van der Waals surface area contributed by atoms with Crippen molar-refractivity contribution in [1.82, 2.24) is 20.2 Å². The monoisotopic (exact) mass is 398 g/mol. The van der Waals surface area contributed by atoms with Crippen LogP contribution in [-0.2, 0) is 17.6 Å². The van der Waals surface area contributed by atoms with E-state index in [0.717, 1.165) is 30.6 Å². The average Bonchev–Trinajstić information content (AvgIpc) is 3.30. The van der Waals surface area contributed by atoms with E-state index >= 15 is 0 Å². The normalized spacial score (nSPS) is 16.9. The number of likely N-dealkylation sites (tertiary alicyclic amines) is 1. The van der Waals surface area contributed by atoms with Gasteiger partial charge in [-0.3, -0.25) is 4.79 Å². The summed E-state index contributed by atoms with van der Waals surface area (Å²) in [6, 6.07) is 6.35. The molecule has 0 N–H and O–H groups in total. The molecule has 152 valence electrons. The molecule has 1 unspecified atom stereocenters. The van der Waals surface area contributed by atoms with Gasteiger partial charge >= 0.3 is 0 Å². The molecule has 2 aromatic heterocycles. The van der Waals surface area contributed by atoms with Crippen molar-refractivity contribution in [1.29, 1.82) is 0 Å². The van der Waals surface area contributed by atoms with Crippen LogP contribution in [0.25, 0.3) is 11.4 Å². The van der Waals surface area contributed by atoms with E-state index in [0.29, 0.717) is 36.6 Å². The first-order valence-electron chi connectivity index (χ1n) is 9.78. The van der Waals surface area contributed by atoms with Crippen molar-refractivity contribution in [2.24, 2.45) is 5.92 Å². The van der Waals surface area contributed by atoms with Gasteiger partial charge in [0.15, 0.2) is 0 Å². The maximum Gasteiger partial charge on any atom is 0.227 e. The summed E-state index contributed by atoms with van der Waals surface area (Å²) >= 11 is 0. The first-order chi connectivity index (χ1) is 14.0. The number of aryl methyl sites for hydroxylation is 2. The van der Waals surface area contributed by atoms with Gasteiger partial charge in [-0.2, -0.15) is 4.98 Å². The molecule has 8 heteroatoms. The summed E-state index contributed by atoms with van der Waals surface area (Å²) in [6.45, 7) is 5.05. The fraction of sp³-hybridized carbons (Fsp3) is 0.429. The SMILES string of the molecule is Cc1noc(C)c1CC(=O)N1CCCC(Cc2nc(-c3ccccc3F)no2)C1. The highest BCUT2D eigenvalue weighted by atomic mass is 19.1. The molecule has 3 heterocycles. The van der Waals surface area contributed by atoms with Crippen molar-refractivity contribution in [2.45, 2.75) is 39.5 Å². The lowest BCUT2D eigenvalue weighted by Gasteiger charge is -2.32. The second-order valence-corrected chi connectivity index (χ2v) is 7.52. The molecule has 0 bridgehead atoms. The molecule has 1 atom stereocenters. The summed E-state index contributed by atoms with van der Waals surface area (Å²) in [5.41, 5.74) is 1.95. The van der Waals surface area contributed by atoms with E-state index < -0.39 is 0 Å². The standard InChI is InChI=1S/C21H23FN4O3/c1-13-17(14(2)28-24-13)11-20(27)26-9-5-6-15(12-26)10-19-23-21(25-29-19)16-7-3-4-8-18(16)22/h3-4,7-8,15H,5-6,9-12H2,1-2H3. The lowest BCUT2D eigenvalue weighted by molar-refractivity contribution is -0.132. The van der Waals surface area contributed by atoms with E-state index in [2.05, 4.69) is 15.3 Å². The second-order valence-electron chi connectivity index (χ2n) is 7.52. The van der Waals surface area contributed by atoms with Crippen LogP contribution in [0.15, 0.2) is 33.3 Å². The van der Waals surface area contributed by atoms with Gasteiger partial charge in [0.2, 0.25) is 17.6 Å². The first-order valence-corrected chi connectivity index (χ1v) is 9.78. The molecule has 1 aromatic carbocycles. The second kappa shape index (κ2) is 8.14. The molecule has 1 amide bonds. The van der Waals surface area contributed by atoms with Crippen molar-refractivity contribution in [3.05, 3.63) is 53.0 Å². The highest BCUT2D eigenvalue weighted by Crippen LogP contribution is 2.24. The minimum absolute atomic E-state index is 0.0710. The maximum atomic E-state index is 13.9. The largest absolute Gasteiger partial charge is 0.361 e. The Bertz CT molecular complexity index is 994. The van der Waals surface area contributed by atoms with Crippen molar-refractivity contribution in [2.75, 3.05) is 13.1 Å². The predicted octanol–water partition coefficient (Wildman–Crippen LogP) is 3.50. The summed E-state index contributed by atoms with van der Waals surface area (Å²) < 4.78 is 24.4. The molecular weight excluding hydrogens is 375 g/mol. The van der Waals surface area contributed by atoms with Gasteiger partial charge in [0, 0.05) is 25.1 Å². The number of hydrogen-bond acceptors (Lipinski definition) is 6. The zero-order valence-corrected chi connectivity index (χ0v) is 16.5. The van der Waals surface area contributed by atoms with E-state index in [1.165, 1.54) is 6.07 Å². The third-order valence-corrected chi connectivity index (χ3v) is 5.43. The fourth-order valence-corrected chi connectivity index (χ4v) is 3.81. The summed E-state index contributed by atoms with van der Waals surface area (Å²) in [6.07, 6.45) is 2.77. The van der Waals surface area contributed by atoms with E-state index in [1.807, 2.05) is 18.7 Å². The number of hydrogen-bond donors (Lipinski definition) is 0. The van der Waals surface area contributed by atoms with Crippen molar-refractivity contribution in [3.63, 3.8) is 0 Å². The van der Waals surface area contributed by atoms with Gasteiger partial charge in [0.25, 0.3) is 0 Å². The average molecular weight is 398 g/mol. The molecule has 0 saturated carbocycles. The lowest BCUT2D eigenvalue weighted by atomic mass is 9.94. The van der Waals surface area contributed by atoms with Gasteiger partial charge in [-0.15, -0.1) is 0 Å². The molecule has 1 fully saturated rings. The number of rotatable bonds is 5. The number of carbonyl (C=O) groups excluding carboxylic acids is 1. The smallest absolute Gasteiger partial charge is 0.227 e. The minimum Gasteiger partial charge on any atom is -0.361 e. The Hall–Kier alpha value is -3.03. The zero-order valence-electron chi connectivity index (χ0n) is 16.5. The van der Waals surface area contributed by atoms with Crippen molar-refractivity contribution < 1.29 is 18.2 Å². The Kier molecular flexibility index (Phi) is 5.42. The highest BCUT2D eigenvalue weighted by molar-refractivity contribution is 5.79. The number of amides is 1. The van der Waals surface area contributed by atoms with Gasteiger partial charge in [0.05, 0.1) is 17.7 Å². The van der Waals surface area contributed by atoms with Crippen LogP contribution < -0.4 is 0 Å². The molecular formula is C21H23FN4O3. The molecule has 1 aliphatic rings. The van der Waals surface area contributed by atoms with Crippen LogP contribution in [0.1, 0.15) is 35.7 Å². The highest BCUT2D eigenvalue weighted by Gasteiger charge is 2.27. The summed E-state index contributed by atoms with van der Waals surface area (Å²) in [5.74, 6) is 1.33. The number of piperidine rings is 1. The van der Waals surface area contributed by atoms with Gasteiger partial charge in [0.1, 0.15) is 11.6 Å². The lowest BCUT2D eigenvalue weighted by Crippen LogP contribution is -2.41. The molecule has 0 aliphatic carbocycles. The van der Waals surface area contributed by atoms with Gasteiger partial charge in [-0.25, -0.2) is 4.39 Å². The molecule has 3 aromatic rings. The van der Waals surface area contributed by atoms with Crippen molar-refractivity contribution >= 4 is 5.91 Å². The van der Waals surface area contributed by atoms with Crippen LogP contribution in [0.3, 0.4) is 0 Å². The minimum atomic E-state index is -0.381. The summed E-state index contributed by atoms with van der Waals surface area (Å²) in [4.78, 5) is 19.0. The Labute approximate surface area is 167 Å². The van der Waals surface area contributed by atoms with Crippen LogP contribution in [0.5, 0.6) is 0 Å². The zero-order chi connectivity index (χ0) is 20.4. The maximum absolute atomic E-state index is 13.9. The van der Waals surface area contributed by atoms with Crippen LogP contribution in [0, 0.1) is 25.6 Å². The Balaban J connectivity index is 1.39. The summed E-state index contributed by atoms with van der Waals surface area (Å²) in [7, 11) is 0. The third kappa shape index (κ3) is 4.21. The van der Waals surface area contributed by atoms with E-state index in [-0.39, 0.29) is 23.5 Å². The quantitative estimate of drug-likeness (QED) is 0.654. The van der Waals surface area contributed by atoms with E-state index in [4.69, 9.17) is 9.05 Å². The molecule has 1 saturated heterocycles. The Morgan fingerprint density at radius 3 is 2.83 bits per heavy atom. The van der Waals surface area contributed by atoms with Crippen LogP contribution >= 0.6 is 0 Å². The van der Waals surface area contributed by atoms with Gasteiger partial charge < -0.3 is 13.9 Å². The number of aromatic nitrogens is 3. The van der Waals surface area contributed by atoms with E-state index in [9.17, 15) is 9.18 Å². The van der Waals surface area contributed by atoms with Gasteiger partial charge in [-0.1, -0.05) is 22.4 Å². The molecule has 0 spiro atoms. The third-order valence-electron chi connectivity index (χ3n) is 5.43. The van der Waals surface area contributed by atoms with Crippen LogP contribution in [0.2, 0.25) is 0 Å². The fourth-order valence-electron chi connectivity index (χ4n) is 3.81. The predicted molar refractivity (Wildman–Crippen MR) is 102 cm³/mol. The molecule has 4 rings (SSSR count). The molecule has 7 nitrogen and oxygen atoms in total. The first kappa shape index (κ1) is 19.3. The molecule has 0 radical (unpaired) electrons. The molecule has 29 heavy (non-hydrogen) atoms. The van der Waals surface area contributed by atoms with Crippen molar-refractivity contribution in [3.8, 4) is 11.4 Å². The summed E-state index contributed by atoms with van der Waals surface area (Å²) in [5, 5.41) is 7.83. The number of halogens is 1. The Morgan fingerprint density at radius 1 is 1.24 bits per heavy atom. The van der Waals surface area contributed by atoms with Crippen LogP contribution in [-0.4, -0.2) is 39.2 Å². The van der Waals surface area contributed by atoms with Gasteiger partial charge in [-0.05, 0) is 44.7 Å². The molecule has 1 aliphatic heterocycles. The Morgan fingerprint density at radius 2 is 2.07 bits per heavy atom. The number of benzene rings is 1. The number of carbonyl (C=O) groups is 1. The van der Waals surface area contributed by atoms with E-state index in [1.54, 1.807) is 18.2 Å². The topological polar surface area (TPSA) is 85.3 Å². The number of nitrogens with zero attached hydrogens (tertiary/aromatic N) is 4.